The van der Waals surface area contributed by atoms with Crippen LogP contribution in [0.5, 0.6) is 0 Å². The van der Waals surface area contributed by atoms with Crippen molar-refractivity contribution in [1.29, 1.82) is 0 Å². The van der Waals surface area contributed by atoms with Gasteiger partial charge in [-0.2, -0.15) is 0 Å². The zero-order valence-corrected chi connectivity index (χ0v) is 21.7. The number of fused-ring (bicyclic) bond motifs is 3. The van der Waals surface area contributed by atoms with Gasteiger partial charge in [-0.25, -0.2) is 18.8 Å². The van der Waals surface area contributed by atoms with Crippen molar-refractivity contribution in [3.05, 3.63) is 86.3 Å². The van der Waals surface area contributed by atoms with Crippen molar-refractivity contribution in [2.24, 2.45) is 0 Å². The Morgan fingerprint density at radius 3 is 2.18 bits per heavy atom. The number of rotatable bonds is 7. The number of anilines is 1. The Morgan fingerprint density at radius 2 is 1.59 bits per heavy atom. The normalized spacial score (nSPS) is 18.8. The van der Waals surface area contributed by atoms with Crippen LogP contribution in [0.2, 0.25) is 5.02 Å². The number of hydrogen-bond donors (Lipinski definition) is 3. The van der Waals surface area contributed by atoms with Crippen molar-refractivity contribution in [2.75, 3.05) is 24.5 Å². The number of nitrogens with zero attached hydrogens (tertiary/aromatic N) is 3. The molecule has 2 aromatic carbocycles. The molecule has 0 spiro atoms. The summed E-state index contributed by atoms with van der Waals surface area (Å²) in [5.41, 5.74) is 0.733. The first kappa shape index (κ1) is 28.1. The van der Waals surface area contributed by atoms with E-state index in [9.17, 15) is 23.6 Å². The molecule has 2 aliphatic rings. The summed E-state index contributed by atoms with van der Waals surface area (Å²) < 4.78 is 14.5. The number of benzene rings is 2. The maximum absolute atomic E-state index is 13.2. The number of nitrogens with one attached hydrogen (secondary N) is 1. The molecule has 10 nitrogen and oxygen atoms in total. The number of aromatic amines is 1. The van der Waals surface area contributed by atoms with E-state index in [1.165, 1.54) is 16.7 Å². The van der Waals surface area contributed by atoms with Gasteiger partial charge in [0.2, 0.25) is 0 Å². The van der Waals surface area contributed by atoms with Crippen molar-refractivity contribution in [1.82, 2.24) is 14.5 Å². The van der Waals surface area contributed by atoms with Crippen LogP contribution >= 0.6 is 11.6 Å². The highest BCUT2D eigenvalue weighted by Gasteiger charge is 2.39. The summed E-state index contributed by atoms with van der Waals surface area (Å²) in [5, 5.41) is 16.4. The monoisotopic (exact) mass is 558 g/mol. The molecule has 3 heterocycles. The second-order valence-corrected chi connectivity index (χ2v) is 9.82. The molecule has 3 N–H and O–H groups in total. The predicted molar refractivity (Wildman–Crippen MR) is 145 cm³/mol. The Bertz CT molecular complexity index is 1470. The van der Waals surface area contributed by atoms with E-state index in [-0.39, 0.29) is 11.4 Å². The largest absolute Gasteiger partial charge is 0.478 e. The van der Waals surface area contributed by atoms with E-state index < -0.39 is 17.6 Å². The third kappa shape index (κ3) is 6.73. The number of H-pyrrole nitrogens is 1. The minimum atomic E-state index is -1.26. The third-order valence-corrected chi connectivity index (χ3v) is 7.27. The van der Waals surface area contributed by atoms with Gasteiger partial charge in [0.15, 0.2) is 0 Å². The maximum Gasteiger partial charge on any atom is 0.328 e. The lowest BCUT2D eigenvalue weighted by atomic mass is 10.1. The molecule has 0 aliphatic carbocycles. The molecular weight excluding hydrogens is 531 g/mol. The Morgan fingerprint density at radius 1 is 0.974 bits per heavy atom. The molecule has 0 saturated carbocycles. The molecule has 2 unspecified atom stereocenters. The van der Waals surface area contributed by atoms with E-state index in [0.717, 1.165) is 44.6 Å². The number of para-hydroxylation sites is 1. The first-order valence-electron chi connectivity index (χ1n) is 12.5. The van der Waals surface area contributed by atoms with Crippen LogP contribution in [-0.2, 0) is 16.1 Å². The zero-order chi connectivity index (χ0) is 28.1. The van der Waals surface area contributed by atoms with Gasteiger partial charge in [-0.15, -0.1) is 0 Å². The second kappa shape index (κ2) is 12.3. The minimum absolute atomic E-state index is 0.216. The summed E-state index contributed by atoms with van der Waals surface area (Å²) in [6, 6.07) is 12.6. The Labute approximate surface area is 227 Å². The van der Waals surface area contributed by atoms with Crippen LogP contribution < -0.4 is 16.1 Å². The van der Waals surface area contributed by atoms with Crippen LogP contribution in [0.25, 0.3) is 10.9 Å². The van der Waals surface area contributed by atoms with Crippen LogP contribution in [-0.4, -0.2) is 68.3 Å². The molecule has 2 fully saturated rings. The summed E-state index contributed by atoms with van der Waals surface area (Å²) in [7, 11) is 0. The molecule has 0 radical (unpaired) electrons. The quantitative estimate of drug-likeness (QED) is 0.377. The Balaban J connectivity index is 0.000000386. The zero-order valence-electron chi connectivity index (χ0n) is 20.9. The topological polar surface area (TPSA) is 136 Å². The molecule has 3 aromatic rings. The average molecular weight is 559 g/mol. The average Bonchev–Trinajstić information content (AvgIpc) is 3.12. The van der Waals surface area contributed by atoms with E-state index in [0.29, 0.717) is 46.7 Å². The fraction of sp³-hybridized carbons (Fsp3) is 0.333. The lowest BCUT2D eigenvalue weighted by molar-refractivity contribution is -0.134. The van der Waals surface area contributed by atoms with Gasteiger partial charge >= 0.3 is 17.6 Å². The molecule has 206 valence electrons. The lowest BCUT2D eigenvalue weighted by Crippen LogP contribution is -2.54. The maximum atomic E-state index is 13.2. The van der Waals surface area contributed by atoms with Crippen molar-refractivity contribution < 1.29 is 24.2 Å². The number of aliphatic carboxylic acids is 2. The first-order chi connectivity index (χ1) is 18.6. The summed E-state index contributed by atoms with van der Waals surface area (Å²) >= 11 is 6.11. The standard InChI is InChI=1S/C23H24ClFN4O2.C4H4O4/c24-20-4-1-3-19-21(20)26-23(31)29(22(19)30)12-2-11-28-17-9-10-18(28)14-27(13-17)16-7-5-15(25)6-8-16;5-3(6)1-2-4(7)8/h1,3-8,17-18H,2,9-14H2,(H,26,31);1-2H,(H,5,6)(H,7,8)/b;2-1-. The van der Waals surface area contributed by atoms with Crippen molar-refractivity contribution >= 4 is 40.1 Å². The van der Waals surface area contributed by atoms with Gasteiger partial charge in [0, 0.05) is 56.1 Å². The highest BCUT2D eigenvalue weighted by atomic mass is 35.5. The SMILES string of the molecule is O=C(O)/C=C\C(=O)O.O=c1[nH]c2c(Cl)cccc2c(=O)n1CCCN1C2CCC1CN(c1ccc(F)cc1)C2. The van der Waals surface area contributed by atoms with Crippen molar-refractivity contribution in [3.63, 3.8) is 0 Å². The number of carboxylic acids is 2. The van der Waals surface area contributed by atoms with E-state index in [1.54, 1.807) is 18.2 Å². The number of hydrogen-bond acceptors (Lipinski definition) is 6. The summed E-state index contributed by atoms with van der Waals surface area (Å²) in [6.45, 7) is 3.04. The number of carbonyl (C=O) groups is 2. The van der Waals surface area contributed by atoms with Gasteiger partial charge < -0.3 is 20.1 Å². The van der Waals surface area contributed by atoms with Gasteiger partial charge in [-0.3, -0.25) is 14.3 Å². The number of piperazine rings is 1. The number of carboxylic acid groups (broad SMARTS) is 2. The summed E-state index contributed by atoms with van der Waals surface area (Å²) in [4.78, 5) is 51.9. The van der Waals surface area contributed by atoms with E-state index in [2.05, 4.69) is 14.8 Å². The highest BCUT2D eigenvalue weighted by molar-refractivity contribution is 6.34. The van der Waals surface area contributed by atoms with Gasteiger partial charge in [0.05, 0.1) is 15.9 Å². The molecule has 12 heteroatoms. The first-order valence-corrected chi connectivity index (χ1v) is 12.8. The summed E-state index contributed by atoms with van der Waals surface area (Å²) in [6.07, 6.45) is 4.11. The van der Waals surface area contributed by atoms with Crippen LogP contribution in [0.15, 0.2) is 64.2 Å². The molecule has 0 amide bonds. The molecule has 2 saturated heterocycles. The van der Waals surface area contributed by atoms with Gasteiger partial charge in [0.25, 0.3) is 5.56 Å². The number of halogens is 2. The van der Waals surface area contributed by atoms with Crippen LogP contribution in [0.1, 0.15) is 19.3 Å². The fourth-order valence-electron chi connectivity index (χ4n) is 5.22. The second-order valence-electron chi connectivity index (χ2n) is 9.42. The van der Waals surface area contributed by atoms with E-state index in [1.807, 2.05) is 12.1 Å². The van der Waals surface area contributed by atoms with Crippen molar-refractivity contribution in [3.8, 4) is 0 Å². The smallest absolute Gasteiger partial charge is 0.328 e. The van der Waals surface area contributed by atoms with Gasteiger partial charge in [0.1, 0.15) is 5.82 Å². The van der Waals surface area contributed by atoms with Gasteiger partial charge in [-0.1, -0.05) is 17.7 Å². The molecule has 2 aliphatic heterocycles. The van der Waals surface area contributed by atoms with Crippen molar-refractivity contribution in [2.45, 2.75) is 37.9 Å². The minimum Gasteiger partial charge on any atom is -0.478 e. The molecule has 39 heavy (non-hydrogen) atoms. The third-order valence-electron chi connectivity index (χ3n) is 6.96. The van der Waals surface area contributed by atoms with Crippen LogP contribution in [0.3, 0.4) is 0 Å². The highest BCUT2D eigenvalue weighted by Crippen LogP contribution is 2.32. The molecular formula is C27H28ClFN4O6. The number of aromatic nitrogens is 2. The fourth-order valence-corrected chi connectivity index (χ4v) is 5.44. The van der Waals surface area contributed by atoms with Crippen LogP contribution in [0.4, 0.5) is 10.1 Å². The molecule has 2 bridgehead atoms. The Hall–Kier alpha value is -3.96. The Kier molecular flexibility index (Phi) is 8.82. The molecule has 5 rings (SSSR count). The molecule has 2 atom stereocenters. The van der Waals surface area contributed by atoms with E-state index in [4.69, 9.17) is 21.8 Å². The van der Waals surface area contributed by atoms with Crippen LogP contribution in [0, 0.1) is 5.82 Å². The predicted octanol–water partition coefficient (Wildman–Crippen LogP) is 2.94. The van der Waals surface area contributed by atoms with E-state index >= 15 is 0 Å². The summed E-state index contributed by atoms with van der Waals surface area (Å²) in [5.74, 6) is -2.73. The molecule has 1 aromatic heterocycles. The lowest BCUT2D eigenvalue weighted by Gasteiger charge is -2.42. The van der Waals surface area contributed by atoms with Gasteiger partial charge in [-0.05, 0) is 55.7 Å².